The molecule has 0 heterocycles. The number of hydrogen-bond donors (Lipinski definition) is 0. The van der Waals surface area contributed by atoms with Crippen molar-refractivity contribution in [1.29, 1.82) is 0 Å². The first-order chi connectivity index (χ1) is 9.40. The molecule has 0 saturated carbocycles. The number of carbonyl (C=O) groups is 1. The monoisotopic (exact) mass is 326 g/mol. The Bertz CT molecular complexity index is 577. The Hall–Kier alpha value is -0.940. The first-order valence-electron chi connectivity index (χ1n) is 6.03. The zero-order valence-corrected chi connectivity index (χ0v) is 14.0. The fourth-order valence-corrected chi connectivity index (χ4v) is 2.85. The fraction of sp³-hybridized carbons (Fsp3) is 0.267. The van der Waals surface area contributed by atoms with Gasteiger partial charge in [0.15, 0.2) is 0 Å². The second kappa shape index (κ2) is 6.05. The largest absolute Gasteiger partial charge is 0.542 e. The van der Waals surface area contributed by atoms with Crippen molar-refractivity contribution in [3.05, 3.63) is 55.0 Å². The number of hydrogen-bond acceptors (Lipinski definition) is 1. The van der Waals surface area contributed by atoms with Gasteiger partial charge in [-0.1, -0.05) is 29.3 Å². The van der Waals surface area contributed by atoms with Gasteiger partial charge in [0.1, 0.15) is 12.6 Å². The van der Waals surface area contributed by atoms with Crippen LogP contribution >= 0.6 is 23.2 Å². The maximum atomic E-state index is 12.8. The Balaban J connectivity index is 3.50. The molecule has 1 unspecified atom stereocenters. The zero-order chi connectivity index (χ0) is 16.6. The highest BCUT2D eigenvalue weighted by Gasteiger charge is 2.52. The van der Waals surface area contributed by atoms with Gasteiger partial charge in [-0.25, -0.2) is 4.79 Å². The van der Waals surface area contributed by atoms with Crippen LogP contribution in [0.1, 0.15) is 10.4 Å². The summed E-state index contributed by atoms with van der Waals surface area (Å²) in [5.41, 5.74) is 0.124. The fourth-order valence-electron chi connectivity index (χ4n) is 2.29. The van der Waals surface area contributed by atoms with Gasteiger partial charge in [0.2, 0.25) is 14.1 Å². The minimum absolute atomic E-state index is 0.124. The van der Waals surface area contributed by atoms with Crippen molar-refractivity contribution in [3.8, 4) is 0 Å². The lowest BCUT2D eigenvalue weighted by Crippen LogP contribution is -2.62. The average molecular weight is 327 g/mol. The molecule has 0 aliphatic rings. The topological polar surface area (TPSA) is 20.1 Å². The van der Waals surface area contributed by atoms with Gasteiger partial charge in [0.05, 0.1) is 31.2 Å². The second-order valence-corrected chi connectivity index (χ2v) is 6.24. The van der Waals surface area contributed by atoms with Crippen LogP contribution in [-0.4, -0.2) is 53.6 Å². The Morgan fingerprint density at radius 1 is 1.14 bits per heavy atom. The van der Waals surface area contributed by atoms with E-state index in [1.165, 1.54) is 11.6 Å². The Kier molecular flexibility index (Phi) is 5.22. The minimum Gasteiger partial charge on any atom is -0.225 e. The van der Waals surface area contributed by atoms with E-state index in [2.05, 4.69) is 0 Å². The number of quaternary nitrogens is 2. The summed E-state index contributed by atoms with van der Waals surface area (Å²) in [6.07, 6.45) is 0. The van der Waals surface area contributed by atoms with Crippen LogP contribution in [0.2, 0.25) is 10.0 Å². The van der Waals surface area contributed by atoms with E-state index in [0.717, 1.165) is 0 Å². The Morgan fingerprint density at radius 3 is 1.90 bits per heavy atom. The molecule has 1 rings (SSSR count). The van der Waals surface area contributed by atoms with E-state index in [-0.39, 0.29) is 26.1 Å². The average Bonchev–Trinajstić information content (AvgIpc) is 2.24. The van der Waals surface area contributed by atoms with Crippen molar-refractivity contribution in [2.75, 3.05) is 28.2 Å². The van der Waals surface area contributed by atoms with Crippen LogP contribution in [0.15, 0.2) is 18.2 Å². The third-order valence-electron chi connectivity index (χ3n) is 2.84. The van der Waals surface area contributed by atoms with Crippen LogP contribution < -0.4 is 0 Å². The quantitative estimate of drug-likeness (QED) is 0.255. The summed E-state index contributed by atoms with van der Waals surface area (Å²) >= 11 is 12.1. The molecule has 0 saturated heterocycles. The number of guanidine groups is 1. The number of benzene rings is 1. The van der Waals surface area contributed by atoms with Crippen molar-refractivity contribution >= 4 is 35.1 Å². The van der Waals surface area contributed by atoms with E-state index in [1.807, 2.05) is 0 Å². The molecule has 6 radical (unpaired) electrons. The number of nitrogens with zero attached hydrogens (tertiary/aromatic N) is 3. The van der Waals surface area contributed by atoms with Gasteiger partial charge in [-0.3, -0.25) is 0 Å². The molecule has 1 aromatic rings. The molecule has 4 nitrogen and oxygen atoms in total. The van der Waals surface area contributed by atoms with Gasteiger partial charge in [0, 0.05) is 0 Å². The first-order valence-corrected chi connectivity index (χ1v) is 6.79. The predicted octanol–water partition coefficient (Wildman–Crippen LogP) is 2.66. The molecule has 0 bridgehead atoms. The summed E-state index contributed by atoms with van der Waals surface area (Å²) in [5.74, 6) is -0.273. The van der Waals surface area contributed by atoms with E-state index in [9.17, 15) is 4.79 Å². The van der Waals surface area contributed by atoms with Crippen LogP contribution in [0.3, 0.4) is 0 Å². The van der Waals surface area contributed by atoms with E-state index in [0.29, 0.717) is 0 Å². The molecule has 110 valence electrons. The Morgan fingerprint density at radius 2 is 1.57 bits per heavy atom. The third-order valence-corrected chi connectivity index (χ3v) is 3.47. The molecule has 21 heavy (non-hydrogen) atoms. The number of carbonyl (C=O) groups excluding carboxylic acids is 1. The van der Waals surface area contributed by atoms with Gasteiger partial charge in [-0.2, -0.15) is 4.48 Å². The predicted molar refractivity (Wildman–Crippen MR) is 83.2 cm³/mol. The molecular formula is C15H18Cl2N3O+3. The zero-order valence-electron chi connectivity index (χ0n) is 12.5. The summed E-state index contributed by atoms with van der Waals surface area (Å²) in [7, 11) is 24.3. The van der Waals surface area contributed by atoms with Crippen molar-refractivity contribution < 1.29 is 18.3 Å². The molecule has 0 spiro atoms. The molecular weight excluding hydrogens is 309 g/mol. The molecule has 0 aliphatic heterocycles. The lowest BCUT2D eigenvalue weighted by Gasteiger charge is -2.28. The lowest BCUT2D eigenvalue weighted by molar-refractivity contribution is -0.886. The van der Waals surface area contributed by atoms with Crippen molar-refractivity contribution in [2.45, 2.75) is 0 Å². The standard InChI is InChI=1S/C15H18Cl2N3O/c1-18(2)15(19(3,4)5)20(6,7)14(21)13-11(16)9-8-10-12(13)17/h1,3,6,8-10H,2,4-5,7H3/q+3. The second-order valence-electron chi connectivity index (χ2n) is 5.43. The smallest absolute Gasteiger partial charge is 0.225 e. The summed E-state index contributed by atoms with van der Waals surface area (Å²) < 4.78 is 0.274. The van der Waals surface area contributed by atoms with Crippen LogP contribution in [0, 0.1) is 21.1 Å². The van der Waals surface area contributed by atoms with Gasteiger partial charge in [0.25, 0.3) is 7.05 Å². The minimum atomic E-state index is -0.708. The normalized spacial score (nSPS) is 14.0. The van der Waals surface area contributed by atoms with Crippen molar-refractivity contribution in [2.24, 2.45) is 0 Å². The summed E-state index contributed by atoms with van der Waals surface area (Å²) in [6.45, 7) is 0. The summed E-state index contributed by atoms with van der Waals surface area (Å²) in [4.78, 5) is 12.8. The first kappa shape index (κ1) is 18.1. The van der Waals surface area contributed by atoms with Crippen LogP contribution in [0.4, 0.5) is 0 Å². The summed E-state index contributed by atoms with van der Waals surface area (Å²) in [6, 6.07) is 4.77. The van der Waals surface area contributed by atoms with Crippen LogP contribution in [-0.2, 0) is 0 Å². The highest BCUT2D eigenvalue weighted by atomic mass is 35.5. The molecule has 0 fully saturated rings. The Labute approximate surface area is 137 Å². The van der Waals surface area contributed by atoms with Crippen molar-refractivity contribution in [1.82, 2.24) is 0 Å². The third kappa shape index (κ3) is 3.64. The van der Waals surface area contributed by atoms with Crippen LogP contribution in [0.25, 0.3) is 0 Å². The van der Waals surface area contributed by atoms with E-state index >= 15 is 0 Å². The van der Waals surface area contributed by atoms with E-state index in [4.69, 9.17) is 44.3 Å². The molecule has 1 aromatic carbocycles. The summed E-state index contributed by atoms with van der Waals surface area (Å²) in [5, 5.41) is 0.423. The van der Waals surface area contributed by atoms with Crippen LogP contribution in [0.5, 0.6) is 0 Å². The van der Waals surface area contributed by atoms with Gasteiger partial charge in [-0.15, -0.1) is 9.06 Å². The molecule has 0 aliphatic carbocycles. The molecule has 0 N–H and O–H groups in total. The number of amides is 1. The van der Waals surface area contributed by atoms with Gasteiger partial charge < -0.3 is 0 Å². The number of rotatable bonds is 1. The van der Waals surface area contributed by atoms with E-state index in [1.54, 1.807) is 39.3 Å². The number of halogens is 2. The van der Waals surface area contributed by atoms with E-state index < -0.39 is 10.4 Å². The van der Waals surface area contributed by atoms with Gasteiger partial charge in [-0.05, 0) is 12.1 Å². The maximum absolute atomic E-state index is 12.8. The highest BCUT2D eigenvalue weighted by molar-refractivity contribution is 6.39. The van der Waals surface area contributed by atoms with Crippen molar-refractivity contribution in [3.63, 3.8) is 0 Å². The lowest BCUT2D eigenvalue weighted by atomic mass is 10.2. The molecule has 6 heteroatoms. The molecule has 0 aromatic heterocycles. The SMILES string of the molecule is [CH][N+](C)=C([N+]([CH])(C)C)[N+]([CH])(C)C(=O)c1c(Cl)cccc1Cl. The molecule has 1 amide bonds. The maximum Gasteiger partial charge on any atom is 0.542 e. The van der Waals surface area contributed by atoms with Gasteiger partial charge >= 0.3 is 11.9 Å². The molecule has 1 atom stereocenters. The highest BCUT2D eigenvalue weighted by Crippen LogP contribution is 2.28.